The fourth-order valence-corrected chi connectivity index (χ4v) is 2.45. The number of anilines is 3. The van der Waals surface area contributed by atoms with Crippen LogP contribution in [0.3, 0.4) is 0 Å². The van der Waals surface area contributed by atoms with Gasteiger partial charge in [-0.3, -0.25) is 0 Å². The Morgan fingerprint density at radius 2 is 1.90 bits per heavy atom. The third kappa shape index (κ3) is 4.22. The van der Waals surface area contributed by atoms with Crippen LogP contribution in [0.5, 0.6) is 0 Å². The Labute approximate surface area is 141 Å². The summed E-state index contributed by atoms with van der Waals surface area (Å²) in [4.78, 5) is 4.30. The Morgan fingerprint density at radius 1 is 1.19 bits per heavy atom. The highest BCUT2D eigenvalue weighted by Gasteiger charge is 2.11. The maximum atomic E-state index is 13.8. The van der Waals surface area contributed by atoms with E-state index in [-0.39, 0.29) is 5.69 Å². The Hall–Kier alpha value is -1.04. The predicted octanol–water partition coefficient (Wildman–Crippen LogP) is 5.86. The van der Waals surface area contributed by atoms with Crippen LogP contribution in [0.4, 0.5) is 21.7 Å². The summed E-state index contributed by atoms with van der Waals surface area (Å²) >= 11 is 15.4. The molecule has 0 unspecified atom stereocenters. The Kier molecular flexibility index (Phi) is 5.67. The van der Waals surface area contributed by atoms with Gasteiger partial charge in [0.1, 0.15) is 11.6 Å². The molecule has 0 saturated heterocycles. The number of nitrogens with zero attached hydrogens (tertiary/aromatic N) is 1. The van der Waals surface area contributed by atoms with Crippen LogP contribution in [0.15, 0.2) is 28.7 Å². The van der Waals surface area contributed by atoms with E-state index in [4.69, 9.17) is 23.2 Å². The summed E-state index contributed by atoms with van der Waals surface area (Å²) in [5.41, 5.74) is 0.288. The van der Waals surface area contributed by atoms with E-state index in [2.05, 4.69) is 31.5 Å². The van der Waals surface area contributed by atoms with E-state index in [1.807, 2.05) is 6.92 Å². The van der Waals surface area contributed by atoms with Gasteiger partial charge in [0.25, 0.3) is 0 Å². The van der Waals surface area contributed by atoms with Crippen LogP contribution in [0.1, 0.15) is 13.3 Å². The zero-order valence-electron chi connectivity index (χ0n) is 11.2. The molecular formula is C14H13BrCl2FN3. The molecule has 0 aliphatic rings. The molecule has 3 nitrogen and oxygen atoms in total. The van der Waals surface area contributed by atoms with Gasteiger partial charge in [-0.15, -0.1) is 0 Å². The number of aromatic nitrogens is 1. The van der Waals surface area contributed by atoms with Crippen molar-refractivity contribution in [2.75, 3.05) is 17.2 Å². The molecule has 1 heterocycles. The van der Waals surface area contributed by atoms with Gasteiger partial charge >= 0.3 is 0 Å². The minimum absolute atomic E-state index is 0.288. The Balaban J connectivity index is 2.30. The highest BCUT2D eigenvalue weighted by molar-refractivity contribution is 9.10. The van der Waals surface area contributed by atoms with Crippen molar-refractivity contribution >= 4 is 56.5 Å². The van der Waals surface area contributed by atoms with Gasteiger partial charge in [0.15, 0.2) is 5.82 Å². The molecule has 1 aromatic carbocycles. The van der Waals surface area contributed by atoms with Crippen LogP contribution >= 0.6 is 39.1 Å². The number of hydrogen-bond acceptors (Lipinski definition) is 3. The summed E-state index contributed by atoms with van der Waals surface area (Å²) in [6.07, 6.45) is 0.935. The summed E-state index contributed by atoms with van der Waals surface area (Å²) in [5, 5.41) is 6.72. The highest BCUT2D eigenvalue weighted by atomic mass is 79.9. The topological polar surface area (TPSA) is 37.0 Å². The minimum atomic E-state index is -0.403. The third-order valence-electron chi connectivity index (χ3n) is 2.66. The van der Waals surface area contributed by atoms with E-state index in [0.717, 1.165) is 13.0 Å². The first-order valence-electron chi connectivity index (χ1n) is 6.33. The lowest BCUT2D eigenvalue weighted by atomic mass is 10.3. The molecule has 112 valence electrons. The number of halogens is 4. The van der Waals surface area contributed by atoms with Gasteiger partial charge in [-0.2, -0.15) is 0 Å². The molecule has 0 amide bonds. The molecule has 0 fully saturated rings. The largest absolute Gasteiger partial charge is 0.369 e. The van der Waals surface area contributed by atoms with Crippen LogP contribution in [0, 0.1) is 5.82 Å². The van der Waals surface area contributed by atoms with E-state index >= 15 is 0 Å². The van der Waals surface area contributed by atoms with Crippen molar-refractivity contribution in [1.82, 2.24) is 4.98 Å². The zero-order valence-corrected chi connectivity index (χ0v) is 14.3. The lowest BCUT2D eigenvalue weighted by molar-refractivity contribution is 0.631. The fourth-order valence-electron chi connectivity index (χ4n) is 1.64. The number of rotatable bonds is 5. The van der Waals surface area contributed by atoms with E-state index in [1.54, 1.807) is 18.2 Å². The van der Waals surface area contributed by atoms with Crippen molar-refractivity contribution < 1.29 is 4.39 Å². The molecule has 0 spiro atoms. The minimum Gasteiger partial charge on any atom is -0.369 e. The standard InChI is InChI=1S/C14H13BrCl2FN3/c1-2-5-19-13-9(16)7-10(17)14(21-13)20-12-4-3-8(15)6-11(12)18/h3-4,6-7H,2,5H2,1H3,(H2,19,20,21). The maximum Gasteiger partial charge on any atom is 0.151 e. The average molecular weight is 393 g/mol. The average Bonchev–Trinajstić information content (AvgIpc) is 2.43. The summed E-state index contributed by atoms with van der Waals surface area (Å²) in [5.74, 6) is 0.462. The number of hydrogen-bond donors (Lipinski definition) is 2. The molecular weight excluding hydrogens is 380 g/mol. The van der Waals surface area contributed by atoms with Crippen molar-refractivity contribution in [3.63, 3.8) is 0 Å². The molecule has 0 saturated carbocycles. The zero-order chi connectivity index (χ0) is 15.4. The first kappa shape index (κ1) is 16.3. The quantitative estimate of drug-likeness (QED) is 0.669. The molecule has 0 atom stereocenters. The number of nitrogens with one attached hydrogen (secondary N) is 2. The van der Waals surface area contributed by atoms with Crippen LogP contribution in [0.25, 0.3) is 0 Å². The van der Waals surface area contributed by atoms with Gasteiger partial charge in [-0.25, -0.2) is 9.37 Å². The predicted molar refractivity (Wildman–Crippen MR) is 90.4 cm³/mol. The molecule has 2 N–H and O–H groups in total. The first-order chi connectivity index (χ1) is 10.0. The van der Waals surface area contributed by atoms with Gasteiger partial charge in [-0.1, -0.05) is 46.1 Å². The van der Waals surface area contributed by atoms with E-state index in [9.17, 15) is 4.39 Å². The number of pyridine rings is 1. The molecule has 21 heavy (non-hydrogen) atoms. The molecule has 0 bridgehead atoms. The van der Waals surface area contributed by atoms with Gasteiger partial charge in [0, 0.05) is 11.0 Å². The van der Waals surface area contributed by atoms with Crippen molar-refractivity contribution in [2.45, 2.75) is 13.3 Å². The van der Waals surface area contributed by atoms with Crippen molar-refractivity contribution in [3.8, 4) is 0 Å². The van der Waals surface area contributed by atoms with Gasteiger partial charge in [0.2, 0.25) is 0 Å². The van der Waals surface area contributed by atoms with E-state index in [0.29, 0.717) is 26.2 Å². The molecule has 2 rings (SSSR count). The monoisotopic (exact) mass is 391 g/mol. The van der Waals surface area contributed by atoms with Crippen LogP contribution < -0.4 is 10.6 Å². The second-order valence-electron chi connectivity index (χ2n) is 4.33. The van der Waals surface area contributed by atoms with Crippen molar-refractivity contribution in [3.05, 3.63) is 44.6 Å². The van der Waals surface area contributed by atoms with Gasteiger partial charge < -0.3 is 10.6 Å². The smallest absolute Gasteiger partial charge is 0.151 e. The highest BCUT2D eigenvalue weighted by Crippen LogP contribution is 2.32. The second kappa shape index (κ2) is 7.29. The SMILES string of the molecule is CCCNc1nc(Nc2ccc(Br)cc2F)c(Cl)cc1Cl. The molecule has 2 aromatic rings. The first-order valence-corrected chi connectivity index (χ1v) is 7.88. The summed E-state index contributed by atoms with van der Waals surface area (Å²) < 4.78 is 14.5. The third-order valence-corrected chi connectivity index (χ3v) is 3.73. The maximum absolute atomic E-state index is 13.8. The summed E-state index contributed by atoms with van der Waals surface area (Å²) in [7, 11) is 0. The molecule has 0 aliphatic carbocycles. The Bertz CT molecular complexity index is 652. The second-order valence-corrected chi connectivity index (χ2v) is 6.06. The molecule has 0 radical (unpaired) electrons. The fraction of sp³-hybridized carbons (Fsp3) is 0.214. The van der Waals surface area contributed by atoms with Crippen molar-refractivity contribution in [1.29, 1.82) is 0 Å². The van der Waals surface area contributed by atoms with Crippen LogP contribution in [0.2, 0.25) is 10.0 Å². The van der Waals surface area contributed by atoms with Crippen molar-refractivity contribution in [2.24, 2.45) is 0 Å². The van der Waals surface area contributed by atoms with Crippen LogP contribution in [-0.4, -0.2) is 11.5 Å². The molecule has 1 aromatic heterocycles. The molecule has 7 heteroatoms. The normalized spacial score (nSPS) is 10.5. The summed E-state index contributed by atoms with van der Waals surface area (Å²) in [6.45, 7) is 2.77. The Morgan fingerprint density at radius 3 is 2.57 bits per heavy atom. The molecule has 0 aliphatic heterocycles. The van der Waals surface area contributed by atoms with Gasteiger partial charge in [0.05, 0.1) is 15.7 Å². The van der Waals surface area contributed by atoms with E-state index in [1.165, 1.54) is 6.07 Å². The lowest BCUT2D eigenvalue weighted by Crippen LogP contribution is -2.05. The summed E-state index contributed by atoms with van der Waals surface area (Å²) in [6, 6.07) is 6.27. The van der Waals surface area contributed by atoms with Gasteiger partial charge in [-0.05, 0) is 30.7 Å². The van der Waals surface area contributed by atoms with E-state index < -0.39 is 5.82 Å². The number of benzene rings is 1. The lowest BCUT2D eigenvalue weighted by Gasteiger charge is -2.12. The van der Waals surface area contributed by atoms with Crippen LogP contribution in [-0.2, 0) is 0 Å².